The fourth-order valence-corrected chi connectivity index (χ4v) is 2.31. The maximum Gasteiger partial charge on any atom is 0.420 e. The Labute approximate surface area is 124 Å². The molecule has 0 aromatic heterocycles. The second-order valence-electron chi connectivity index (χ2n) is 4.85. The number of rotatable bonds is 4. The van der Waals surface area contributed by atoms with Gasteiger partial charge in [0.25, 0.3) is 0 Å². The molecule has 1 atom stereocenters. The number of amides is 1. The summed E-state index contributed by atoms with van der Waals surface area (Å²) < 4.78 is 44.1. The molecule has 1 aliphatic heterocycles. The van der Waals surface area contributed by atoms with Gasteiger partial charge in [0.1, 0.15) is 5.75 Å². The molecule has 0 radical (unpaired) electrons. The van der Waals surface area contributed by atoms with Crippen LogP contribution in [0.4, 0.5) is 18.9 Å². The molecular weight excluding hydrogens is 303 g/mol. The monoisotopic (exact) mass is 317 g/mol. The van der Waals surface area contributed by atoms with Crippen LogP contribution in [0.2, 0.25) is 0 Å². The van der Waals surface area contributed by atoms with Gasteiger partial charge in [0.15, 0.2) is 0 Å². The number of carbonyl (C=O) groups excluding carboxylic acids is 1. The Balaban J connectivity index is 2.37. The van der Waals surface area contributed by atoms with Gasteiger partial charge in [-0.15, -0.1) is 0 Å². The van der Waals surface area contributed by atoms with E-state index in [2.05, 4.69) is 0 Å². The van der Waals surface area contributed by atoms with Crippen molar-refractivity contribution in [2.75, 3.05) is 18.1 Å². The van der Waals surface area contributed by atoms with Gasteiger partial charge in [-0.3, -0.25) is 9.59 Å². The zero-order chi connectivity index (χ0) is 16.5. The van der Waals surface area contributed by atoms with Crippen LogP contribution in [0.3, 0.4) is 0 Å². The molecular formula is C14H14F3NO4. The van der Waals surface area contributed by atoms with Crippen LogP contribution in [-0.2, 0) is 15.8 Å². The summed E-state index contributed by atoms with van der Waals surface area (Å²) in [5, 5.41) is 8.91. The van der Waals surface area contributed by atoms with Gasteiger partial charge in [-0.1, -0.05) is 0 Å². The van der Waals surface area contributed by atoms with Crippen LogP contribution in [0.15, 0.2) is 18.2 Å². The molecule has 1 aliphatic rings. The minimum absolute atomic E-state index is 0.0181. The van der Waals surface area contributed by atoms with Gasteiger partial charge in [-0.2, -0.15) is 13.2 Å². The first-order valence-electron chi connectivity index (χ1n) is 6.61. The van der Waals surface area contributed by atoms with Crippen LogP contribution in [0.25, 0.3) is 0 Å². The highest BCUT2D eigenvalue weighted by Crippen LogP contribution is 2.39. The summed E-state index contributed by atoms with van der Waals surface area (Å²) in [4.78, 5) is 23.8. The topological polar surface area (TPSA) is 66.8 Å². The zero-order valence-corrected chi connectivity index (χ0v) is 11.7. The molecule has 8 heteroatoms. The van der Waals surface area contributed by atoms with Gasteiger partial charge in [0, 0.05) is 18.7 Å². The SMILES string of the molecule is CCOc1ccc(N2C[C@H](C(=O)O)CC2=O)cc1C(F)(F)F. The molecule has 0 unspecified atom stereocenters. The van der Waals surface area contributed by atoms with Gasteiger partial charge in [-0.25, -0.2) is 0 Å². The second kappa shape index (κ2) is 5.86. The van der Waals surface area contributed by atoms with E-state index in [0.717, 1.165) is 17.0 Å². The number of alkyl halides is 3. The van der Waals surface area contributed by atoms with Crippen LogP contribution < -0.4 is 9.64 Å². The van der Waals surface area contributed by atoms with Gasteiger partial charge in [-0.05, 0) is 25.1 Å². The zero-order valence-electron chi connectivity index (χ0n) is 11.7. The molecule has 0 saturated carbocycles. The number of carbonyl (C=O) groups is 2. The summed E-state index contributed by atoms with van der Waals surface area (Å²) >= 11 is 0. The van der Waals surface area contributed by atoms with Crippen molar-refractivity contribution in [3.8, 4) is 5.75 Å². The van der Waals surface area contributed by atoms with E-state index in [0.29, 0.717) is 0 Å². The van der Waals surface area contributed by atoms with Crippen LogP contribution in [0, 0.1) is 5.92 Å². The van der Waals surface area contributed by atoms with Gasteiger partial charge in [0.2, 0.25) is 5.91 Å². The third-order valence-corrected chi connectivity index (χ3v) is 3.35. The van der Waals surface area contributed by atoms with E-state index < -0.39 is 29.5 Å². The van der Waals surface area contributed by atoms with Crippen molar-refractivity contribution in [2.45, 2.75) is 19.5 Å². The number of carboxylic acid groups (broad SMARTS) is 1. The standard InChI is InChI=1S/C14H14F3NO4/c1-2-22-11-4-3-9(6-10(11)14(15,16)17)18-7-8(13(20)21)5-12(18)19/h3-4,6,8H,2,5,7H2,1H3,(H,20,21)/t8-/m1/s1. The number of carboxylic acids is 1. The summed E-state index contributed by atoms with van der Waals surface area (Å²) in [5.41, 5.74) is -0.969. The van der Waals surface area contributed by atoms with E-state index >= 15 is 0 Å². The summed E-state index contributed by atoms with van der Waals surface area (Å²) in [6, 6.07) is 3.28. The fraction of sp³-hybridized carbons (Fsp3) is 0.429. The van der Waals surface area contributed by atoms with Crippen LogP contribution >= 0.6 is 0 Å². The summed E-state index contributed by atoms with van der Waals surface area (Å²) in [6.45, 7) is 1.50. The van der Waals surface area contributed by atoms with E-state index in [9.17, 15) is 22.8 Å². The van der Waals surface area contributed by atoms with E-state index in [1.165, 1.54) is 6.07 Å². The van der Waals surface area contributed by atoms with Gasteiger partial charge in [0.05, 0.1) is 18.1 Å². The van der Waals surface area contributed by atoms with Gasteiger partial charge >= 0.3 is 12.1 Å². The predicted molar refractivity (Wildman–Crippen MR) is 70.7 cm³/mol. The normalized spacial score (nSPS) is 18.6. The lowest BCUT2D eigenvalue weighted by Gasteiger charge is -2.20. The average Bonchev–Trinajstić information content (AvgIpc) is 2.81. The summed E-state index contributed by atoms with van der Waals surface area (Å²) in [6.07, 6.45) is -4.85. The first-order valence-corrected chi connectivity index (χ1v) is 6.61. The van der Waals surface area contributed by atoms with Crippen LogP contribution in [-0.4, -0.2) is 30.1 Å². The molecule has 120 valence electrons. The number of halogens is 3. The molecule has 1 saturated heterocycles. The number of nitrogens with zero attached hydrogens (tertiary/aromatic N) is 1. The number of hydrogen-bond acceptors (Lipinski definition) is 3. The van der Waals surface area contributed by atoms with Crippen molar-refractivity contribution in [3.63, 3.8) is 0 Å². The van der Waals surface area contributed by atoms with E-state index in [1.807, 2.05) is 0 Å². The van der Waals surface area contributed by atoms with E-state index in [4.69, 9.17) is 9.84 Å². The molecule has 1 N–H and O–H groups in total. The van der Waals surface area contributed by atoms with Crippen molar-refractivity contribution < 1.29 is 32.6 Å². The minimum atomic E-state index is -4.63. The summed E-state index contributed by atoms with van der Waals surface area (Å²) in [5.74, 6) is -2.88. The highest BCUT2D eigenvalue weighted by Gasteiger charge is 2.38. The number of aliphatic carboxylic acids is 1. The lowest BCUT2D eigenvalue weighted by molar-refractivity contribution is -0.141. The quantitative estimate of drug-likeness (QED) is 0.927. The minimum Gasteiger partial charge on any atom is -0.493 e. The third kappa shape index (κ3) is 3.15. The third-order valence-electron chi connectivity index (χ3n) is 3.35. The Kier molecular flexibility index (Phi) is 4.30. The lowest BCUT2D eigenvalue weighted by atomic mass is 10.1. The summed E-state index contributed by atoms with van der Waals surface area (Å²) in [7, 11) is 0. The van der Waals surface area contributed by atoms with Crippen LogP contribution in [0.5, 0.6) is 5.75 Å². The Bertz CT molecular complexity index is 600. The molecule has 0 aliphatic carbocycles. The molecule has 1 aromatic carbocycles. The largest absolute Gasteiger partial charge is 0.493 e. The number of anilines is 1. The fourth-order valence-electron chi connectivity index (χ4n) is 2.31. The molecule has 22 heavy (non-hydrogen) atoms. The highest BCUT2D eigenvalue weighted by atomic mass is 19.4. The lowest BCUT2D eigenvalue weighted by Crippen LogP contribution is -2.26. The number of ether oxygens (including phenoxy) is 1. The molecule has 1 amide bonds. The van der Waals surface area contributed by atoms with Crippen molar-refractivity contribution in [1.82, 2.24) is 0 Å². The maximum absolute atomic E-state index is 13.1. The van der Waals surface area contributed by atoms with Crippen molar-refractivity contribution in [2.24, 2.45) is 5.92 Å². The van der Waals surface area contributed by atoms with Crippen molar-refractivity contribution in [1.29, 1.82) is 0 Å². The second-order valence-corrected chi connectivity index (χ2v) is 4.85. The molecule has 0 bridgehead atoms. The molecule has 0 spiro atoms. The molecule has 1 fully saturated rings. The highest BCUT2D eigenvalue weighted by molar-refractivity contribution is 5.99. The van der Waals surface area contributed by atoms with Crippen molar-refractivity contribution in [3.05, 3.63) is 23.8 Å². The van der Waals surface area contributed by atoms with Gasteiger partial charge < -0.3 is 14.7 Å². The van der Waals surface area contributed by atoms with E-state index in [1.54, 1.807) is 6.92 Å². The van der Waals surface area contributed by atoms with Crippen molar-refractivity contribution >= 4 is 17.6 Å². The molecule has 2 rings (SSSR count). The van der Waals surface area contributed by atoms with Crippen LogP contribution in [0.1, 0.15) is 18.9 Å². The first-order chi connectivity index (χ1) is 10.2. The Hall–Kier alpha value is -2.25. The maximum atomic E-state index is 13.1. The Morgan fingerprint density at radius 1 is 1.45 bits per heavy atom. The molecule has 1 aromatic rings. The number of benzene rings is 1. The predicted octanol–water partition coefficient (Wildman–Crippen LogP) is 2.54. The molecule has 5 nitrogen and oxygen atoms in total. The number of hydrogen-bond donors (Lipinski definition) is 1. The average molecular weight is 317 g/mol. The first kappa shape index (κ1) is 16.1. The Morgan fingerprint density at radius 3 is 2.64 bits per heavy atom. The Morgan fingerprint density at radius 2 is 2.14 bits per heavy atom. The van der Waals surface area contributed by atoms with E-state index in [-0.39, 0.29) is 31.0 Å². The smallest absolute Gasteiger partial charge is 0.420 e. The molecule has 1 heterocycles.